The highest BCUT2D eigenvalue weighted by Gasteiger charge is 2.38. The zero-order valence-corrected chi connectivity index (χ0v) is 19.2. The zero-order valence-electron chi connectivity index (χ0n) is 18.5. The van der Waals surface area contributed by atoms with Crippen molar-refractivity contribution < 1.29 is 14.3 Å². The Labute approximate surface area is 194 Å². The molecule has 3 aromatic rings. The molecule has 0 aliphatic heterocycles. The van der Waals surface area contributed by atoms with Crippen molar-refractivity contribution >= 4 is 34.5 Å². The molecule has 1 aromatic carbocycles. The van der Waals surface area contributed by atoms with E-state index in [1.54, 1.807) is 39.0 Å². The lowest BCUT2D eigenvalue weighted by molar-refractivity contribution is 0.0493. The number of nitrogens with zero attached hydrogens (tertiary/aromatic N) is 3. The number of fused-ring (bicyclic) bond motifs is 1. The number of hydrogen-bond donors (Lipinski definition) is 2. The van der Waals surface area contributed by atoms with Gasteiger partial charge in [0.2, 0.25) is 5.91 Å². The van der Waals surface area contributed by atoms with Gasteiger partial charge < -0.3 is 15.8 Å². The van der Waals surface area contributed by atoms with Crippen LogP contribution >= 0.6 is 11.6 Å². The van der Waals surface area contributed by atoms with Crippen LogP contribution in [-0.2, 0) is 4.74 Å². The highest BCUT2D eigenvalue weighted by Crippen LogP contribution is 2.41. The van der Waals surface area contributed by atoms with Gasteiger partial charge in [0.25, 0.3) is 5.56 Å². The molecule has 2 amide bonds. The number of pyridine rings is 1. The first-order chi connectivity index (χ1) is 15.5. The van der Waals surface area contributed by atoms with E-state index in [1.165, 1.54) is 23.0 Å². The third kappa shape index (κ3) is 4.83. The molecular weight excluding hydrogens is 446 g/mol. The fourth-order valence-corrected chi connectivity index (χ4v) is 3.86. The minimum atomic E-state index is -0.693. The number of hydrogen-bond acceptors (Lipinski definition) is 6. The summed E-state index contributed by atoms with van der Waals surface area (Å²) in [4.78, 5) is 46.8. The molecule has 2 heterocycles. The first-order valence-corrected chi connectivity index (χ1v) is 10.9. The monoisotopic (exact) mass is 469 g/mol. The minimum Gasteiger partial charge on any atom is -0.444 e. The Morgan fingerprint density at radius 1 is 1.27 bits per heavy atom. The maximum Gasteiger partial charge on any atom is 0.408 e. The maximum atomic E-state index is 13.7. The number of nitrogens with two attached hydrogens (primary N) is 1. The van der Waals surface area contributed by atoms with Crippen molar-refractivity contribution in [2.24, 2.45) is 11.7 Å². The lowest BCUT2D eigenvalue weighted by atomic mass is 10.1. The Morgan fingerprint density at radius 2 is 2.00 bits per heavy atom. The number of ether oxygens (including phenoxy) is 1. The van der Waals surface area contributed by atoms with Gasteiger partial charge in [0, 0.05) is 6.20 Å². The predicted molar refractivity (Wildman–Crippen MR) is 123 cm³/mol. The summed E-state index contributed by atoms with van der Waals surface area (Å²) in [5.74, 6) is -0.317. The smallest absolute Gasteiger partial charge is 0.408 e. The number of benzene rings is 1. The second kappa shape index (κ2) is 8.47. The van der Waals surface area contributed by atoms with E-state index in [0.717, 1.165) is 12.8 Å². The lowest BCUT2D eigenvalue weighted by Gasteiger charge is -2.25. The van der Waals surface area contributed by atoms with Gasteiger partial charge in [-0.05, 0) is 57.7 Å². The Balaban J connectivity index is 1.94. The molecular formula is C23H24ClN5O4. The van der Waals surface area contributed by atoms with E-state index < -0.39 is 29.2 Å². The third-order valence-electron chi connectivity index (χ3n) is 5.18. The molecule has 0 bridgehead atoms. The number of aromatic nitrogens is 3. The number of rotatable bonds is 5. The van der Waals surface area contributed by atoms with Gasteiger partial charge in [0.15, 0.2) is 0 Å². The molecule has 10 heteroatoms. The number of carbonyl (C=O) groups excluding carboxylic acids is 2. The fourth-order valence-electron chi connectivity index (χ4n) is 3.61. The molecule has 0 radical (unpaired) electrons. The summed E-state index contributed by atoms with van der Waals surface area (Å²) in [6.45, 7) is 5.31. The van der Waals surface area contributed by atoms with E-state index >= 15 is 0 Å². The topological polar surface area (TPSA) is 129 Å². The Morgan fingerprint density at radius 3 is 2.64 bits per heavy atom. The van der Waals surface area contributed by atoms with Gasteiger partial charge in [-0.15, -0.1) is 0 Å². The van der Waals surface area contributed by atoms with Crippen LogP contribution in [0.25, 0.3) is 16.6 Å². The molecule has 3 N–H and O–H groups in total. The average molecular weight is 470 g/mol. The molecule has 0 unspecified atom stereocenters. The van der Waals surface area contributed by atoms with Gasteiger partial charge in [-0.25, -0.2) is 9.78 Å². The number of primary amides is 1. The molecule has 1 aliphatic carbocycles. The normalized spacial score (nSPS) is 14.7. The summed E-state index contributed by atoms with van der Waals surface area (Å²) in [5, 5.41) is 3.34. The number of nitrogens with one attached hydrogen (secondary N) is 1. The van der Waals surface area contributed by atoms with Gasteiger partial charge in [-0.3, -0.25) is 19.1 Å². The van der Waals surface area contributed by atoms with Crippen LogP contribution in [0.15, 0.2) is 41.5 Å². The Kier molecular flexibility index (Phi) is 5.84. The number of alkyl carbamates (subject to hydrolysis) is 1. The molecule has 33 heavy (non-hydrogen) atoms. The van der Waals surface area contributed by atoms with E-state index in [2.05, 4.69) is 10.3 Å². The summed E-state index contributed by atoms with van der Waals surface area (Å²) in [6.07, 6.45) is 3.83. The quantitative estimate of drug-likeness (QED) is 0.588. The Hall–Kier alpha value is -3.46. The van der Waals surface area contributed by atoms with Gasteiger partial charge in [-0.2, -0.15) is 0 Å². The van der Waals surface area contributed by atoms with Crippen molar-refractivity contribution in [3.8, 4) is 5.69 Å². The van der Waals surface area contributed by atoms with Crippen molar-refractivity contribution in [2.45, 2.75) is 45.3 Å². The molecule has 0 spiro atoms. The molecule has 1 atom stereocenters. The molecule has 172 valence electrons. The van der Waals surface area contributed by atoms with Crippen LogP contribution in [0, 0.1) is 5.92 Å². The second-order valence-corrected chi connectivity index (χ2v) is 9.41. The SMILES string of the molecule is CC(C)(C)OC(=O)N[C@H](c1nc2cccc(Cl)c2c(=O)n1-c1cncc(C(N)=O)c1)C1CC1. The molecule has 1 fully saturated rings. The highest BCUT2D eigenvalue weighted by atomic mass is 35.5. The summed E-state index contributed by atoms with van der Waals surface area (Å²) < 4.78 is 6.77. The predicted octanol–water partition coefficient (Wildman–Crippen LogP) is 3.51. The van der Waals surface area contributed by atoms with Crippen molar-refractivity contribution in [1.82, 2.24) is 19.9 Å². The van der Waals surface area contributed by atoms with Gasteiger partial charge in [0.1, 0.15) is 11.4 Å². The molecule has 4 rings (SSSR count). The molecule has 1 aliphatic rings. The van der Waals surface area contributed by atoms with Crippen LogP contribution in [0.5, 0.6) is 0 Å². The first kappa shape index (κ1) is 22.7. The Bertz CT molecular complexity index is 1310. The highest BCUT2D eigenvalue weighted by molar-refractivity contribution is 6.35. The average Bonchev–Trinajstić information content (AvgIpc) is 3.56. The van der Waals surface area contributed by atoms with E-state index in [9.17, 15) is 14.4 Å². The molecule has 2 aromatic heterocycles. The summed E-state index contributed by atoms with van der Waals surface area (Å²) in [5.41, 5.74) is 5.10. The first-order valence-electron chi connectivity index (χ1n) is 10.5. The van der Waals surface area contributed by atoms with E-state index in [-0.39, 0.29) is 27.6 Å². The van der Waals surface area contributed by atoms with Crippen molar-refractivity contribution in [3.05, 3.63) is 63.4 Å². The standard InChI is InChI=1S/C23H24ClN5O4/c1-23(2,3)33-22(32)28-18(12-7-8-12)20-27-16-6-4-5-15(24)17(16)21(31)29(20)14-9-13(19(25)30)10-26-11-14/h4-6,9-12,18H,7-8H2,1-3H3,(H2,25,30)(H,28,32)/t18-/m0/s1. The van der Waals surface area contributed by atoms with E-state index in [4.69, 9.17) is 27.1 Å². The van der Waals surface area contributed by atoms with E-state index in [0.29, 0.717) is 11.3 Å². The van der Waals surface area contributed by atoms with Gasteiger partial charge >= 0.3 is 6.09 Å². The number of amides is 2. The van der Waals surface area contributed by atoms with Crippen LogP contribution in [-0.4, -0.2) is 32.1 Å². The fraction of sp³-hybridized carbons (Fsp3) is 0.348. The second-order valence-electron chi connectivity index (χ2n) is 9.00. The third-order valence-corrected chi connectivity index (χ3v) is 5.50. The summed E-state index contributed by atoms with van der Waals surface area (Å²) >= 11 is 6.33. The lowest BCUT2D eigenvalue weighted by Crippen LogP contribution is -2.39. The largest absolute Gasteiger partial charge is 0.444 e. The van der Waals surface area contributed by atoms with E-state index in [1.807, 2.05) is 0 Å². The van der Waals surface area contributed by atoms with Crippen LogP contribution in [0.3, 0.4) is 0 Å². The molecule has 1 saturated carbocycles. The van der Waals surface area contributed by atoms with Crippen LogP contribution < -0.4 is 16.6 Å². The minimum absolute atomic E-state index is 0.0691. The maximum absolute atomic E-state index is 13.7. The van der Waals surface area contributed by atoms with Crippen LogP contribution in [0.2, 0.25) is 5.02 Å². The van der Waals surface area contributed by atoms with Crippen molar-refractivity contribution in [1.29, 1.82) is 0 Å². The molecule has 0 saturated heterocycles. The number of carbonyl (C=O) groups is 2. The summed E-state index contributed by atoms with van der Waals surface area (Å²) in [6, 6.07) is 5.85. The summed E-state index contributed by atoms with van der Waals surface area (Å²) in [7, 11) is 0. The van der Waals surface area contributed by atoms with Crippen molar-refractivity contribution in [3.63, 3.8) is 0 Å². The van der Waals surface area contributed by atoms with Gasteiger partial charge in [0.05, 0.1) is 39.4 Å². The zero-order chi connectivity index (χ0) is 23.9. The van der Waals surface area contributed by atoms with Gasteiger partial charge in [-0.1, -0.05) is 17.7 Å². The molecule has 9 nitrogen and oxygen atoms in total. The number of halogens is 1. The van der Waals surface area contributed by atoms with Crippen LogP contribution in [0.1, 0.15) is 55.8 Å². The van der Waals surface area contributed by atoms with Crippen molar-refractivity contribution in [2.75, 3.05) is 0 Å². The van der Waals surface area contributed by atoms with Crippen LogP contribution in [0.4, 0.5) is 4.79 Å².